The van der Waals surface area contributed by atoms with E-state index in [-0.39, 0.29) is 21.5 Å². The van der Waals surface area contributed by atoms with Crippen molar-refractivity contribution in [2.45, 2.75) is 30.2 Å². The Labute approximate surface area is 150 Å². The van der Waals surface area contributed by atoms with E-state index >= 15 is 0 Å². The molecule has 0 radical (unpaired) electrons. The number of aryl methyl sites for hydroxylation is 1. The van der Waals surface area contributed by atoms with Crippen LogP contribution in [0, 0.1) is 0 Å². The lowest BCUT2D eigenvalue weighted by Crippen LogP contribution is -2.22. The first-order valence-corrected chi connectivity index (χ1v) is 8.46. The van der Waals surface area contributed by atoms with Crippen molar-refractivity contribution >= 4 is 35.0 Å². The summed E-state index contributed by atoms with van der Waals surface area (Å²) in [6, 6.07) is 3.55. The van der Waals surface area contributed by atoms with Gasteiger partial charge in [0.15, 0.2) is 0 Å². The molecule has 1 aromatic heterocycles. The molecule has 0 bridgehead atoms. The van der Waals surface area contributed by atoms with Crippen molar-refractivity contribution in [3.63, 3.8) is 0 Å². The highest BCUT2D eigenvalue weighted by Crippen LogP contribution is 2.37. The van der Waals surface area contributed by atoms with Gasteiger partial charge in [0.25, 0.3) is 0 Å². The Morgan fingerprint density at radius 2 is 1.79 bits per heavy atom. The van der Waals surface area contributed by atoms with Gasteiger partial charge in [-0.05, 0) is 12.1 Å². The zero-order valence-corrected chi connectivity index (χ0v) is 15.2. The van der Waals surface area contributed by atoms with Crippen LogP contribution in [0.4, 0.5) is 13.2 Å². The van der Waals surface area contributed by atoms with Gasteiger partial charge in [-0.2, -0.15) is 18.3 Å². The van der Waals surface area contributed by atoms with Crippen molar-refractivity contribution in [3.05, 3.63) is 44.2 Å². The third kappa shape index (κ3) is 4.07. The number of aromatic nitrogens is 2. The number of hydrogen-bond acceptors (Lipinski definition) is 3. The molecule has 0 N–H and O–H groups in total. The second-order valence-corrected chi connectivity index (χ2v) is 7.73. The summed E-state index contributed by atoms with van der Waals surface area (Å²) in [5.74, 6) is 0. The molecule has 2 rings (SSSR count). The van der Waals surface area contributed by atoms with E-state index in [1.807, 2.05) is 13.8 Å². The highest BCUT2D eigenvalue weighted by molar-refractivity contribution is 8.00. The quantitative estimate of drug-likeness (QED) is 0.662. The first kappa shape index (κ1) is 19.1. The van der Waals surface area contributed by atoms with Crippen LogP contribution in [0.25, 0.3) is 11.3 Å². The molecule has 0 unspecified atom stereocenters. The molecule has 2 aromatic rings. The molecule has 130 valence electrons. The minimum atomic E-state index is -4.66. The summed E-state index contributed by atoms with van der Waals surface area (Å²) in [4.78, 5) is 12.8. The molecule has 0 fully saturated rings. The maximum atomic E-state index is 12.9. The minimum absolute atomic E-state index is 0.150. The van der Waals surface area contributed by atoms with Crippen LogP contribution in [0.5, 0.6) is 0 Å². The van der Waals surface area contributed by atoms with Crippen LogP contribution in [0.3, 0.4) is 0 Å². The summed E-state index contributed by atoms with van der Waals surface area (Å²) >= 11 is 13.7. The number of alkyl halides is 3. The first-order chi connectivity index (χ1) is 11.0. The largest absolute Gasteiger partial charge is 0.433 e. The molecule has 0 amide bonds. The number of nitrogens with zero attached hydrogens (tertiary/aromatic N) is 2. The predicted molar refractivity (Wildman–Crippen MR) is 90.9 cm³/mol. The minimum Gasteiger partial charge on any atom is -0.287 e. The molecule has 0 aliphatic heterocycles. The molecule has 1 heterocycles. The van der Waals surface area contributed by atoms with E-state index in [4.69, 9.17) is 23.2 Å². The molecule has 0 saturated carbocycles. The Hall–Kier alpha value is -1.18. The van der Waals surface area contributed by atoms with E-state index in [2.05, 4.69) is 5.10 Å². The van der Waals surface area contributed by atoms with Crippen LogP contribution in [-0.2, 0) is 13.2 Å². The predicted octanol–water partition coefficient (Wildman–Crippen LogP) is 5.27. The molecule has 0 saturated heterocycles. The summed E-state index contributed by atoms with van der Waals surface area (Å²) in [6.45, 7) is 3.93. The Kier molecular flexibility index (Phi) is 5.57. The molecule has 0 aliphatic rings. The van der Waals surface area contributed by atoms with E-state index in [1.54, 1.807) is 6.07 Å². The van der Waals surface area contributed by atoms with Gasteiger partial charge in [0, 0.05) is 28.8 Å². The van der Waals surface area contributed by atoms with Crippen LogP contribution in [0.15, 0.2) is 27.9 Å². The lowest BCUT2D eigenvalue weighted by Gasteiger charge is -2.14. The smallest absolute Gasteiger partial charge is 0.287 e. The summed E-state index contributed by atoms with van der Waals surface area (Å²) < 4.78 is 39.2. The monoisotopic (exact) mass is 396 g/mol. The molecular weight excluding hydrogens is 384 g/mol. The maximum absolute atomic E-state index is 12.9. The highest BCUT2D eigenvalue weighted by Gasteiger charge is 2.34. The Morgan fingerprint density at radius 1 is 1.17 bits per heavy atom. The SMILES string of the molecule is CC(C)Sc1cc(-c2nn(C)c(C(F)(F)F)cc2=O)c(Cl)cc1Cl. The summed E-state index contributed by atoms with van der Waals surface area (Å²) in [5, 5.41) is 4.55. The van der Waals surface area contributed by atoms with Gasteiger partial charge in [-0.15, -0.1) is 11.8 Å². The number of thioether (sulfide) groups is 1. The summed E-state index contributed by atoms with van der Waals surface area (Å²) in [5.41, 5.74) is -1.89. The van der Waals surface area contributed by atoms with Gasteiger partial charge in [-0.1, -0.05) is 37.0 Å². The van der Waals surface area contributed by atoms with E-state index in [1.165, 1.54) is 17.8 Å². The second-order valence-electron chi connectivity index (χ2n) is 5.29. The van der Waals surface area contributed by atoms with Gasteiger partial charge < -0.3 is 0 Å². The van der Waals surface area contributed by atoms with Crippen LogP contribution >= 0.6 is 35.0 Å². The van der Waals surface area contributed by atoms with Crippen LogP contribution in [0.2, 0.25) is 10.0 Å². The number of halogens is 5. The third-order valence-corrected chi connectivity index (χ3v) is 4.83. The lowest BCUT2D eigenvalue weighted by molar-refractivity contribution is -0.144. The topological polar surface area (TPSA) is 34.9 Å². The van der Waals surface area contributed by atoms with Crippen molar-refractivity contribution in [1.29, 1.82) is 0 Å². The summed E-state index contributed by atoms with van der Waals surface area (Å²) in [7, 11) is 1.12. The fourth-order valence-corrected chi connectivity index (χ4v) is 3.52. The van der Waals surface area contributed by atoms with Gasteiger partial charge in [0.2, 0.25) is 5.43 Å². The lowest BCUT2D eigenvalue weighted by atomic mass is 10.1. The van der Waals surface area contributed by atoms with Gasteiger partial charge in [0.1, 0.15) is 11.4 Å². The number of rotatable bonds is 3. The fourth-order valence-electron chi connectivity index (χ4n) is 2.05. The van der Waals surface area contributed by atoms with Gasteiger partial charge >= 0.3 is 6.18 Å². The van der Waals surface area contributed by atoms with Gasteiger partial charge in [0.05, 0.1) is 10.0 Å². The molecule has 0 atom stereocenters. The standard InChI is InChI=1S/C15H13Cl2F3N2OS/c1-7(2)24-12-4-8(9(16)5-10(12)17)14-11(23)6-13(15(18,19)20)22(3)21-14/h4-7H,1-3H3. The van der Waals surface area contributed by atoms with E-state index in [9.17, 15) is 18.0 Å². The van der Waals surface area contributed by atoms with Crippen molar-refractivity contribution in [1.82, 2.24) is 9.78 Å². The fraction of sp³-hybridized carbons (Fsp3) is 0.333. The molecule has 0 spiro atoms. The number of hydrogen-bond donors (Lipinski definition) is 0. The molecule has 9 heteroatoms. The Bertz CT molecular complexity index is 835. The Balaban J connectivity index is 2.64. The van der Waals surface area contributed by atoms with Crippen molar-refractivity contribution in [3.8, 4) is 11.3 Å². The van der Waals surface area contributed by atoms with Crippen molar-refractivity contribution in [2.75, 3.05) is 0 Å². The van der Waals surface area contributed by atoms with E-state index < -0.39 is 17.3 Å². The number of benzene rings is 1. The third-order valence-electron chi connectivity index (χ3n) is 3.03. The van der Waals surface area contributed by atoms with Crippen molar-refractivity contribution < 1.29 is 13.2 Å². The highest BCUT2D eigenvalue weighted by atomic mass is 35.5. The molecule has 24 heavy (non-hydrogen) atoms. The van der Waals surface area contributed by atoms with Gasteiger partial charge in [-0.25, -0.2) is 0 Å². The van der Waals surface area contributed by atoms with E-state index in [0.717, 1.165) is 7.05 Å². The molecular formula is C15H13Cl2F3N2OS. The molecule has 0 aliphatic carbocycles. The first-order valence-electron chi connectivity index (χ1n) is 6.82. The van der Waals surface area contributed by atoms with E-state index in [0.29, 0.717) is 20.7 Å². The zero-order valence-electron chi connectivity index (χ0n) is 12.9. The Morgan fingerprint density at radius 3 is 2.33 bits per heavy atom. The average Bonchev–Trinajstić information content (AvgIpc) is 2.42. The second kappa shape index (κ2) is 6.98. The molecule has 3 nitrogen and oxygen atoms in total. The zero-order chi connectivity index (χ0) is 18.2. The maximum Gasteiger partial charge on any atom is 0.433 e. The van der Waals surface area contributed by atoms with Crippen LogP contribution in [-0.4, -0.2) is 15.0 Å². The van der Waals surface area contributed by atoms with Crippen LogP contribution in [0.1, 0.15) is 19.5 Å². The van der Waals surface area contributed by atoms with Crippen LogP contribution < -0.4 is 5.43 Å². The van der Waals surface area contributed by atoms with Crippen molar-refractivity contribution in [2.24, 2.45) is 7.05 Å². The molecule has 1 aromatic carbocycles. The normalized spacial score (nSPS) is 12.0. The van der Waals surface area contributed by atoms with Gasteiger partial charge in [-0.3, -0.25) is 9.48 Å². The average molecular weight is 397 g/mol. The summed E-state index contributed by atoms with van der Waals surface area (Å²) in [6.07, 6.45) is -4.66.